The van der Waals surface area contributed by atoms with E-state index in [9.17, 15) is 5.26 Å². The fourth-order valence-corrected chi connectivity index (χ4v) is 20.7. The Bertz CT molecular complexity index is 597. The SMILES string of the molecule is CCC[CH2][Sn](/[CH]=C1/COCC1(C#N)Cc1cccs1)([CH2]CCC)[CH2]CCC. The third kappa shape index (κ3) is 6.34. The fourth-order valence-electron chi connectivity index (χ4n) is 4.31. The van der Waals surface area contributed by atoms with Crippen LogP contribution in [0, 0.1) is 16.7 Å². The van der Waals surface area contributed by atoms with Gasteiger partial charge in [-0.15, -0.1) is 0 Å². The molecule has 1 saturated heterocycles. The molecule has 1 aliphatic heterocycles. The molecule has 0 aliphatic carbocycles. The maximum absolute atomic E-state index is 10.2. The summed E-state index contributed by atoms with van der Waals surface area (Å²) in [6.07, 6.45) is 8.76. The molecule has 2 nitrogen and oxygen atoms in total. The zero-order valence-corrected chi connectivity index (χ0v) is 21.2. The van der Waals surface area contributed by atoms with Crippen LogP contribution in [0.5, 0.6) is 0 Å². The molecule has 150 valence electrons. The zero-order chi connectivity index (χ0) is 19.6. The van der Waals surface area contributed by atoms with Crippen molar-refractivity contribution in [2.24, 2.45) is 5.41 Å². The Morgan fingerprint density at radius 1 is 1.15 bits per heavy atom. The molecule has 0 radical (unpaired) electrons. The van der Waals surface area contributed by atoms with Crippen LogP contribution < -0.4 is 0 Å². The molecular weight excluding hydrogens is 457 g/mol. The van der Waals surface area contributed by atoms with Gasteiger partial charge in [0, 0.05) is 0 Å². The van der Waals surface area contributed by atoms with E-state index >= 15 is 0 Å². The van der Waals surface area contributed by atoms with Crippen molar-refractivity contribution in [3.63, 3.8) is 0 Å². The first-order valence-corrected chi connectivity index (χ1v) is 19.5. The number of nitriles is 1. The van der Waals surface area contributed by atoms with Crippen LogP contribution in [0.4, 0.5) is 0 Å². The molecule has 0 N–H and O–H groups in total. The molecule has 1 aromatic rings. The molecule has 1 aliphatic rings. The van der Waals surface area contributed by atoms with E-state index in [1.807, 2.05) is 0 Å². The van der Waals surface area contributed by atoms with E-state index in [2.05, 4.69) is 48.4 Å². The van der Waals surface area contributed by atoms with Crippen LogP contribution >= 0.6 is 11.3 Å². The summed E-state index contributed by atoms with van der Waals surface area (Å²) in [5, 5.41) is 12.3. The van der Waals surface area contributed by atoms with Gasteiger partial charge in [-0.2, -0.15) is 0 Å². The normalized spacial score (nSPS) is 21.6. The van der Waals surface area contributed by atoms with Gasteiger partial charge in [-0.1, -0.05) is 0 Å². The fraction of sp³-hybridized carbons (Fsp3) is 0.696. The minimum atomic E-state index is -2.42. The zero-order valence-electron chi connectivity index (χ0n) is 17.6. The number of thiophene rings is 1. The number of ether oxygens (including phenoxy) is 1. The standard InChI is InChI=1S/C11H10NOS.3C4H9.Sn/c1-9-6-13-8-11(9,7-12)5-10-3-2-4-14-10;3*1-3-4-2;/h1-4H,5-6,8H2;3*1,3-4H2,2H3;. The summed E-state index contributed by atoms with van der Waals surface area (Å²) in [7, 11) is 0. The van der Waals surface area contributed by atoms with E-state index in [4.69, 9.17) is 4.74 Å². The second-order valence-corrected chi connectivity index (χ2v) is 22.2. The first kappa shape index (κ1) is 23.0. The molecule has 4 heteroatoms. The second kappa shape index (κ2) is 11.6. The number of hydrogen-bond acceptors (Lipinski definition) is 3. The first-order valence-electron chi connectivity index (χ1n) is 10.9. The molecule has 0 bridgehead atoms. The third-order valence-electron chi connectivity index (χ3n) is 6.06. The number of rotatable bonds is 12. The van der Waals surface area contributed by atoms with Gasteiger partial charge < -0.3 is 0 Å². The molecule has 2 rings (SSSR count). The number of nitrogens with zero attached hydrogens (tertiary/aromatic N) is 1. The van der Waals surface area contributed by atoms with Crippen molar-refractivity contribution in [3.8, 4) is 6.07 Å². The van der Waals surface area contributed by atoms with Gasteiger partial charge in [0.15, 0.2) is 0 Å². The monoisotopic (exact) mass is 495 g/mol. The molecule has 1 atom stereocenters. The molecule has 1 fully saturated rings. The third-order valence-corrected chi connectivity index (χ3v) is 21.2. The van der Waals surface area contributed by atoms with Crippen LogP contribution in [0.1, 0.15) is 64.2 Å². The molecule has 0 aromatic carbocycles. The number of unbranched alkanes of at least 4 members (excludes halogenated alkanes) is 3. The molecular formula is C23H37NOSSn. The quantitative estimate of drug-likeness (QED) is 0.289. The Morgan fingerprint density at radius 2 is 1.78 bits per heavy atom. The van der Waals surface area contributed by atoms with Crippen molar-refractivity contribution >= 4 is 29.7 Å². The Hall–Kier alpha value is -0.311. The van der Waals surface area contributed by atoms with Crippen LogP contribution in [-0.2, 0) is 11.2 Å². The molecule has 0 amide bonds. The predicted molar refractivity (Wildman–Crippen MR) is 120 cm³/mol. The van der Waals surface area contributed by atoms with E-state index in [1.54, 1.807) is 11.3 Å². The first-order chi connectivity index (χ1) is 13.1. The average Bonchev–Trinajstić information content (AvgIpc) is 3.33. The molecule has 2 heterocycles. The summed E-state index contributed by atoms with van der Waals surface area (Å²) in [4.78, 5) is 1.31. The van der Waals surface area contributed by atoms with Crippen molar-refractivity contribution in [2.75, 3.05) is 13.2 Å². The van der Waals surface area contributed by atoms with Crippen molar-refractivity contribution in [1.29, 1.82) is 5.26 Å². The van der Waals surface area contributed by atoms with E-state index in [1.165, 1.54) is 62.3 Å². The van der Waals surface area contributed by atoms with Gasteiger partial charge in [-0.05, 0) is 0 Å². The molecule has 1 aromatic heterocycles. The molecule has 0 spiro atoms. The summed E-state index contributed by atoms with van der Waals surface area (Å²) in [5.74, 6) is 0. The van der Waals surface area contributed by atoms with Gasteiger partial charge >= 0.3 is 175 Å². The predicted octanol–water partition coefficient (Wildman–Crippen LogP) is 7.15. The van der Waals surface area contributed by atoms with Gasteiger partial charge in [-0.25, -0.2) is 0 Å². The van der Waals surface area contributed by atoms with Crippen LogP contribution in [0.15, 0.2) is 27.2 Å². The van der Waals surface area contributed by atoms with Crippen LogP contribution in [-0.4, -0.2) is 31.6 Å². The topological polar surface area (TPSA) is 33.0 Å². The van der Waals surface area contributed by atoms with E-state index in [-0.39, 0.29) is 0 Å². The molecule has 0 saturated carbocycles. The van der Waals surface area contributed by atoms with Gasteiger partial charge in [0.2, 0.25) is 0 Å². The van der Waals surface area contributed by atoms with E-state index < -0.39 is 23.8 Å². The van der Waals surface area contributed by atoms with Crippen molar-refractivity contribution in [1.82, 2.24) is 0 Å². The Balaban J connectivity index is 2.36. The van der Waals surface area contributed by atoms with E-state index in [0.717, 1.165) is 6.42 Å². The van der Waals surface area contributed by atoms with Gasteiger partial charge in [-0.3, -0.25) is 0 Å². The molecule has 1 unspecified atom stereocenters. The Morgan fingerprint density at radius 3 is 2.26 bits per heavy atom. The van der Waals surface area contributed by atoms with Crippen molar-refractivity contribution in [2.45, 2.75) is 79.0 Å². The summed E-state index contributed by atoms with van der Waals surface area (Å²) in [6, 6.07) is 6.97. The summed E-state index contributed by atoms with van der Waals surface area (Å²) in [6.45, 7) is 8.21. The summed E-state index contributed by atoms with van der Waals surface area (Å²) < 4.78 is 13.0. The molecule has 27 heavy (non-hydrogen) atoms. The van der Waals surface area contributed by atoms with Gasteiger partial charge in [0.1, 0.15) is 0 Å². The van der Waals surface area contributed by atoms with E-state index in [0.29, 0.717) is 13.2 Å². The second-order valence-electron chi connectivity index (χ2n) is 8.29. The Labute approximate surface area is 174 Å². The number of hydrogen-bond donors (Lipinski definition) is 0. The average molecular weight is 494 g/mol. The van der Waals surface area contributed by atoms with Crippen molar-refractivity contribution < 1.29 is 4.74 Å². The van der Waals surface area contributed by atoms with Gasteiger partial charge in [0.05, 0.1) is 0 Å². The Kier molecular flexibility index (Phi) is 9.90. The van der Waals surface area contributed by atoms with Gasteiger partial charge in [0.25, 0.3) is 0 Å². The van der Waals surface area contributed by atoms with Crippen molar-refractivity contribution in [3.05, 3.63) is 32.1 Å². The summed E-state index contributed by atoms with van der Waals surface area (Å²) in [5.41, 5.74) is 0.926. The van der Waals surface area contributed by atoms with Crippen LogP contribution in [0.3, 0.4) is 0 Å². The maximum atomic E-state index is 10.2. The summed E-state index contributed by atoms with van der Waals surface area (Å²) >= 11 is -0.651. The van der Waals surface area contributed by atoms with Crippen LogP contribution in [0.2, 0.25) is 13.3 Å². The minimum absolute atomic E-state index is 0.419. The van der Waals surface area contributed by atoms with Crippen LogP contribution in [0.25, 0.3) is 0 Å².